The lowest BCUT2D eigenvalue weighted by Crippen LogP contribution is -2.20. The molecule has 0 atom stereocenters. The number of fused-ring (bicyclic) bond motifs is 1. The third-order valence-electron chi connectivity index (χ3n) is 6.26. The molecule has 0 fully saturated rings. The third kappa shape index (κ3) is 4.66. The van der Waals surface area contributed by atoms with Crippen LogP contribution in [0.3, 0.4) is 0 Å². The van der Waals surface area contributed by atoms with Crippen LogP contribution in [0.15, 0.2) is 71.7 Å². The molecular formula is C29H25ClN4O3. The number of rotatable bonds is 6. The van der Waals surface area contributed by atoms with Crippen molar-refractivity contribution in [2.24, 2.45) is 0 Å². The van der Waals surface area contributed by atoms with Crippen molar-refractivity contribution in [3.63, 3.8) is 0 Å². The van der Waals surface area contributed by atoms with Crippen LogP contribution in [0.5, 0.6) is 5.75 Å². The topological polar surface area (TPSA) is 78.5 Å². The summed E-state index contributed by atoms with van der Waals surface area (Å²) in [6.45, 7) is 7.61. The van der Waals surface area contributed by atoms with Crippen molar-refractivity contribution in [2.75, 3.05) is 6.61 Å². The minimum absolute atomic E-state index is 0.197. The van der Waals surface area contributed by atoms with Gasteiger partial charge >= 0.3 is 0 Å². The Labute approximate surface area is 218 Å². The molecule has 186 valence electrons. The van der Waals surface area contributed by atoms with E-state index in [-0.39, 0.29) is 17.9 Å². The largest absolute Gasteiger partial charge is 0.482 e. The molecule has 0 amide bonds. The van der Waals surface area contributed by atoms with E-state index < -0.39 is 0 Å². The summed E-state index contributed by atoms with van der Waals surface area (Å²) in [7, 11) is 0. The summed E-state index contributed by atoms with van der Waals surface area (Å²) in [4.78, 5) is 30.9. The van der Waals surface area contributed by atoms with Gasteiger partial charge in [-0.2, -0.15) is 5.10 Å². The number of benzene rings is 2. The first-order valence-corrected chi connectivity index (χ1v) is 12.2. The number of aromatic nitrogens is 4. The van der Waals surface area contributed by atoms with Gasteiger partial charge in [0.1, 0.15) is 5.69 Å². The molecule has 5 rings (SSSR count). The van der Waals surface area contributed by atoms with Crippen LogP contribution >= 0.6 is 11.6 Å². The molecule has 3 aromatic heterocycles. The van der Waals surface area contributed by atoms with Gasteiger partial charge in [-0.1, -0.05) is 23.7 Å². The normalized spacial score (nSPS) is 11.2. The maximum atomic E-state index is 13.6. The molecule has 0 saturated carbocycles. The highest BCUT2D eigenvalue weighted by Crippen LogP contribution is 2.25. The van der Waals surface area contributed by atoms with Crippen molar-refractivity contribution in [1.82, 2.24) is 19.2 Å². The van der Waals surface area contributed by atoms with Crippen molar-refractivity contribution < 1.29 is 9.53 Å². The lowest BCUT2D eigenvalue weighted by molar-refractivity contribution is 0.0922. The fraction of sp³-hybridized carbons (Fsp3) is 0.172. The summed E-state index contributed by atoms with van der Waals surface area (Å²) < 4.78 is 9.08. The van der Waals surface area contributed by atoms with E-state index in [9.17, 15) is 9.59 Å². The van der Waals surface area contributed by atoms with Crippen molar-refractivity contribution in [3.05, 3.63) is 110 Å². The van der Waals surface area contributed by atoms with Gasteiger partial charge in [-0.3, -0.25) is 14.0 Å². The van der Waals surface area contributed by atoms with Crippen LogP contribution < -0.4 is 10.3 Å². The molecule has 0 spiro atoms. The number of ketones is 1. The molecule has 0 N–H and O–H groups in total. The number of hydrogen-bond acceptors (Lipinski definition) is 5. The lowest BCUT2D eigenvalue weighted by atomic mass is 10.1. The molecule has 0 aliphatic rings. The van der Waals surface area contributed by atoms with Gasteiger partial charge in [-0.25, -0.2) is 9.67 Å². The number of halogens is 1. The van der Waals surface area contributed by atoms with Crippen molar-refractivity contribution in [1.29, 1.82) is 0 Å². The van der Waals surface area contributed by atoms with Gasteiger partial charge < -0.3 is 4.74 Å². The van der Waals surface area contributed by atoms with Crippen LogP contribution in [-0.2, 0) is 0 Å². The van der Waals surface area contributed by atoms with Gasteiger partial charge in [0.25, 0.3) is 5.56 Å². The molecule has 0 unspecified atom stereocenters. The molecule has 0 aliphatic heterocycles. The van der Waals surface area contributed by atoms with Gasteiger partial charge in [0, 0.05) is 22.5 Å². The molecule has 7 nitrogen and oxygen atoms in total. The average Bonchev–Trinajstić information content (AvgIpc) is 3.25. The van der Waals surface area contributed by atoms with Gasteiger partial charge in [-0.05, 0) is 87.4 Å². The Morgan fingerprint density at radius 3 is 2.51 bits per heavy atom. The summed E-state index contributed by atoms with van der Waals surface area (Å²) in [6, 6.07) is 18.1. The molecule has 37 heavy (non-hydrogen) atoms. The monoisotopic (exact) mass is 512 g/mol. The molecule has 0 bridgehead atoms. The quantitative estimate of drug-likeness (QED) is 0.273. The first-order chi connectivity index (χ1) is 17.7. The van der Waals surface area contributed by atoms with Crippen LogP contribution in [0.1, 0.15) is 32.9 Å². The maximum Gasteiger partial charge on any atom is 0.267 e. The van der Waals surface area contributed by atoms with E-state index >= 15 is 0 Å². The third-order valence-corrected chi connectivity index (χ3v) is 6.51. The molecule has 5 aromatic rings. The summed E-state index contributed by atoms with van der Waals surface area (Å²) in [5.74, 6) is 0.135. The smallest absolute Gasteiger partial charge is 0.267 e. The van der Waals surface area contributed by atoms with Crippen molar-refractivity contribution in [3.8, 4) is 22.7 Å². The number of pyridine rings is 1. The second-order valence-electron chi connectivity index (χ2n) is 9.03. The van der Waals surface area contributed by atoms with Crippen LogP contribution in [0.4, 0.5) is 0 Å². The molecule has 3 heterocycles. The Morgan fingerprint density at radius 1 is 1.00 bits per heavy atom. The second kappa shape index (κ2) is 9.67. The van der Waals surface area contributed by atoms with Gasteiger partial charge in [0.05, 0.1) is 16.9 Å². The van der Waals surface area contributed by atoms with Gasteiger partial charge in [0.2, 0.25) is 0 Å². The van der Waals surface area contributed by atoms with Crippen molar-refractivity contribution >= 4 is 23.0 Å². The Balaban J connectivity index is 1.51. The summed E-state index contributed by atoms with van der Waals surface area (Å²) in [5, 5.41) is 5.33. The van der Waals surface area contributed by atoms with E-state index in [1.807, 2.05) is 31.5 Å². The van der Waals surface area contributed by atoms with E-state index in [2.05, 4.69) is 23.2 Å². The Bertz CT molecular complexity index is 1720. The maximum absolute atomic E-state index is 13.6. The molecule has 0 saturated heterocycles. The number of Topliss-reactive ketones (excluding diaryl/α,β-unsaturated/α-hetero) is 1. The van der Waals surface area contributed by atoms with E-state index in [0.717, 1.165) is 22.5 Å². The molecule has 0 radical (unpaired) electrons. The minimum Gasteiger partial charge on any atom is -0.482 e. The molecule has 2 aromatic carbocycles. The standard InChI is InChI=1S/C29H25ClN4O3/c1-17-7-8-18(2)24(14-17)34-19(3)15-23(32-34)27-20(4)31-28-26(6-5-13-33(28)29(27)36)37-16-25(35)21-9-11-22(30)12-10-21/h5-15H,16H2,1-4H3. The highest BCUT2D eigenvalue weighted by molar-refractivity contribution is 6.30. The highest BCUT2D eigenvalue weighted by atomic mass is 35.5. The zero-order chi connectivity index (χ0) is 26.3. The average molecular weight is 513 g/mol. The van der Waals surface area contributed by atoms with Gasteiger partial charge in [0.15, 0.2) is 23.8 Å². The number of nitrogens with zero attached hydrogens (tertiary/aromatic N) is 4. The lowest BCUT2D eigenvalue weighted by Gasteiger charge is -2.11. The fourth-order valence-corrected chi connectivity index (χ4v) is 4.43. The van der Waals surface area contributed by atoms with Gasteiger partial charge in [-0.15, -0.1) is 0 Å². The first kappa shape index (κ1) is 24.5. The Kier molecular flexibility index (Phi) is 6.39. The SMILES string of the molecule is Cc1ccc(C)c(-n2nc(-c3c(C)nc4c(OCC(=O)c5ccc(Cl)cc5)cccn4c3=O)cc2C)c1. The highest BCUT2D eigenvalue weighted by Gasteiger charge is 2.19. The van der Waals surface area contributed by atoms with Crippen LogP contribution in [0.2, 0.25) is 5.02 Å². The number of carbonyl (C=O) groups excluding carboxylic acids is 1. The van der Waals surface area contributed by atoms with Crippen molar-refractivity contribution in [2.45, 2.75) is 27.7 Å². The zero-order valence-electron chi connectivity index (χ0n) is 20.9. The molecule has 8 heteroatoms. The summed E-state index contributed by atoms with van der Waals surface area (Å²) in [6.07, 6.45) is 1.63. The first-order valence-electron chi connectivity index (χ1n) is 11.8. The number of aryl methyl sites for hydroxylation is 4. The number of ether oxygens (including phenoxy) is 1. The number of hydrogen-bond donors (Lipinski definition) is 0. The van der Waals surface area contributed by atoms with Crippen LogP contribution in [0, 0.1) is 27.7 Å². The molecular weight excluding hydrogens is 488 g/mol. The predicted molar refractivity (Wildman–Crippen MR) is 144 cm³/mol. The van der Waals surface area contributed by atoms with Crippen LogP contribution in [-0.4, -0.2) is 31.6 Å². The zero-order valence-corrected chi connectivity index (χ0v) is 21.7. The predicted octanol–water partition coefficient (Wildman–Crippen LogP) is 5.70. The Morgan fingerprint density at radius 2 is 1.76 bits per heavy atom. The van der Waals surface area contributed by atoms with E-state index in [1.54, 1.807) is 49.5 Å². The van der Waals surface area contributed by atoms with E-state index in [4.69, 9.17) is 21.4 Å². The number of carbonyl (C=O) groups is 1. The fourth-order valence-electron chi connectivity index (χ4n) is 4.30. The summed E-state index contributed by atoms with van der Waals surface area (Å²) >= 11 is 5.91. The van der Waals surface area contributed by atoms with E-state index in [1.165, 1.54) is 4.40 Å². The molecule has 0 aliphatic carbocycles. The minimum atomic E-state index is -0.261. The second-order valence-corrected chi connectivity index (χ2v) is 9.47. The van der Waals surface area contributed by atoms with E-state index in [0.29, 0.717) is 38.9 Å². The van der Waals surface area contributed by atoms with Crippen LogP contribution in [0.25, 0.3) is 22.6 Å². The summed E-state index contributed by atoms with van der Waals surface area (Å²) in [5.41, 5.74) is 6.14. The Hall–Kier alpha value is -4.23.